The monoisotopic (exact) mass is 493 g/mol. The Hall–Kier alpha value is -3.62. The fraction of sp³-hybridized carbons (Fsp3) is 0.160. The van der Waals surface area contributed by atoms with E-state index in [4.69, 9.17) is 33.3 Å². The predicted octanol–water partition coefficient (Wildman–Crippen LogP) is 4.60. The van der Waals surface area contributed by atoms with Crippen LogP contribution in [0.3, 0.4) is 0 Å². The molecule has 0 aliphatic carbocycles. The zero-order valence-corrected chi connectivity index (χ0v) is 19.5. The van der Waals surface area contributed by atoms with E-state index >= 15 is 0 Å². The minimum Gasteiger partial charge on any atom is -0.454 e. The van der Waals surface area contributed by atoms with Crippen molar-refractivity contribution in [1.82, 2.24) is 4.90 Å². The van der Waals surface area contributed by atoms with Crippen LogP contribution >= 0.6 is 23.8 Å². The van der Waals surface area contributed by atoms with E-state index in [0.717, 1.165) is 5.56 Å². The summed E-state index contributed by atoms with van der Waals surface area (Å²) in [6, 6.07) is 20.9. The first-order chi connectivity index (χ1) is 16.5. The summed E-state index contributed by atoms with van der Waals surface area (Å²) >= 11 is 11.7. The number of anilines is 2. The quantitative estimate of drug-likeness (QED) is 0.506. The zero-order chi connectivity index (χ0) is 23.7. The number of para-hydroxylation sites is 1. The normalized spacial score (nSPS) is 16.8. The molecule has 2 amide bonds. The van der Waals surface area contributed by atoms with E-state index in [1.54, 1.807) is 29.2 Å². The van der Waals surface area contributed by atoms with Crippen LogP contribution < -0.4 is 19.7 Å². The fourth-order valence-corrected chi connectivity index (χ4v) is 4.60. The molecule has 2 aliphatic rings. The van der Waals surface area contributed by atoms with Crippen molar-refractivity contribution in [3.8, 4) is 11.5 Å². The third-order valence-corrected chi connectivity index (χ3v) is 6.26. The number of ether oxygens (including phenoxy) is 2. The number of carbonyl (C=O) groups is 2. The molecule has 3 aromatic carbocycles. The highest BCUT2D eigenvalue weighted by atomic mass is 35.5. The van der Waals surface area contributed by atoms with Gasteiger partial charge in [-0.2, -0.15) is 0 Å². The summed E-state index contributed by atoms with van der Waals surface area (Å²) < 4.78 is 10.9. The molecule has 0 saturated carbocycles. The molecule has 3 aromatic rings. The van der Waals surface area contributed by atoms with Gasteiger partial charge in [-0.1, -0.05) is 41.9 Å². The molecular weight excluding hydrogens is 474 g/mol. The van der Waals surface area contributed by atoms with Crippen LogP contribution in [-0.4, -0.2) is 34.7 Å². The summed E-state index contributed by atoms with van der Waals surface area (Å²) in [6.45, 7) is 0.507. The van der Waals surface area contributed by atoms with Gasteiger partial charge in [0.25, 0.3) is 5.91 Å². The minimum atomic E-state index is -0.766. The summed E-state index contributed by atoms with van der Waals surface area (Å²) in [5.74, 6) is 0.753. The number of hydrogen-bond acceptors (Lipinski definition) is 5. The van der Waals surface area contributed by atoms with Gasteiger partial charge in [-0.25, -0.2) is 0 Å². The van der Waals surface area contributed by atoms with E-state index in [0.29, 0.717) is 39.6 Å². The molecule has 1 saturated heterocycles. The number of nitrogens with one attached hydrogen (secondary N) is 1. The fourth-order valence-electron chi connectivity index (χ4n) is 4.02. The van der Waals surface area contributed by atoms with Crippen LogP contribution in [0.25, 0.3) is 0 Å². The molecule has 9 heteroatoms. The molecular formula is C25H20ClN3O4S. The minimum absolute atomic E-state index is 0.0701. The van der Waals surface area contributed by atoms with Crippen molar-refractivity contribution in [2.75, 3.05) is 17.0 Å². The van der Waals surface area contributed by atoms with Gasteiger partial charge in [-0.3, -0.25) is 14.5 Å². The summed E-state index contributed by atoms with van der Waals surface area (Å²) in [7, 11) is 0. The highest BCUT2D eigenvalue weighted by molar-refractivity contribution is 7.80. The maximum absolute atomic E-state index is 13.5. The van der Waals surface area contributed by atoms with E-state index in [2.05, 4.69) is 5.32 Å². The molecule has 5 rings (SSSR count). The molecule has 1 fully saturated rings. The Morgan fingerprint density at radius 3 is 2.62 bits per heavy atom. The van der Waals surface area contributed by atoms with Gasteiger partial charge in [0.1, 0.15) is 6.04 Å². The van der Waals surface area contributed by atoms with Gasteiger partial charge in [-0.15, -0.1) is 0 Å². The van der Waals surface area contributed by atoms with Crippen molar-refractivity contribution in [2.45, 2.75) is 19.0 Å². The molecule has 2 aliphatic heterocycles. The van der Waals surface area contributed by atoms with Crippen LogP contribution in [0.4, 0.5) is 11.4 Å². The summed E-state index contributed by atoms with van der Waals surface area (Å²) in [4.78, 5) is 29.7. The third kappa shape index (κ3) is 4.42. The molecule has 1 N–H and O–H groups in total. The van der Waals surface area contributed by atoms with E-state index in [-0.39, 0.29) is 25.0 Å². The van der Waals surface area contributed by atoms with Gasteiger partial charge in [-0.05, 0) is 60.2 Å². The smallest absolute Gasteiger partial charge is 0.256 e. The average molecular weight is 494 g/mol. The first-order valence-electron chi connectivity index (χ1n) is 10.6. The number of amides is 2. The highest BCUT2D eigenvalue weighted by Crippen LogP contribution is 2.34. The first-order valence-corrected chi connectivity index (χ1v) is 11.4. The predicted molar refractivity (Wildman–Crippen MR) is 133 cm³/mol. The Kier molecular flexibility index (Phi) is 6.08. The second-order valence-electron chi connectivity index (χ2n) is 7.89. The molecule has 34 heavy (non-hydrogen) atoms. The topological polar surface area (TPSA) is 71.1 Å². The third-order valence-electron chi connectivity index (χ3n) is 5.61. The number of fused-ring (bicyclic) bond motifs is 1. The van der Waals surface area contributed by atoms with Gasteiger partial charge < -0.3 is 19.7 Å². The molecule has 7 nitrogen and oxygen atoms in total. The van der Waals surface area contributed by atoms with Gasteiger partial charge in [0.15, 0.2) is 16.6 Å². The lowest BCUT2D eigenvalue weighted by atomic mass is 10.1. The maximum atomic E-state index is 13.5. The molecule has 1 atom stereocenters. The standard InChI is InChI=1S/C25H20ClN3O4S/c26-17-5-4-6-18(12-17)27-23(30)13-20-24(31)29(19-7-2-1-3-8-19)25(34)28(20)14-16-9-10-21-22(11-16)33-15-32-21/h1-12,20H,13-15H2,(H,27,30)/t20-/m1/s1. The molecule has 0 radical (unpaired) electrons. The number of carbonyl (C=O) groups excluding carboxylic acids is 2. The van der Waals surface area contributed by atoms with Gasteiger partial charge >= 0.3 is 0 Å². The van der Waals surface area contributed by atoms with Crippen LogP contribution in [0.5, 0.6) is 11.5 Å². The Bertz CT molecular complexity index is 1270. The van der Waals surface area contributed by atoms with E-state index in [9.17, 15) is 9.59 Å². The maximum Gasteiger partial charge on any atom is 0.256 e. The number of halogens is 1. The van der Waals surface area contributed by atoms with Crippen LogP contribution in [0.2, 0.25) is 5.02 Å². The molecule has 0 unspecified atom stereocenters. The summed E-state index contributed by atoms with van der Waals surface area (Å²) in [5, 5.41) is 3.67. The van der Waals surface area contributed by atoms with E-state index in [1.807, 2.05) is 48.5 Å². The largest absolute Gasteiger partial charge is 0.454 e. The Morgan fingerprint density at radius 2 is 1.82 bits per heavy atom. The van der Waals surface area contributed by atoms with Crippen LogP contribution in [0.15, 0.2) is 72.8 Å². The van der Waals surface area contributed by atoms with Gasteiger partial charge in [0, 0.05) is 17.3 Å². The molecule has 0 spiro atoms. The Labute approximate surface area is 206 Å². The van der Waals surface area contributed by atoms with Gasteiger partial charge in [0.2, 0.25) is 12.7 Å². The number of hydrogen-bond donors (Lipinski definition) is 1. The van der Waals surface area contributed by atoms with Crippen molar-refractivity contribution < 1.29 is 19.1 Å². The Morgan fingerprint density at radius 1 is 1.03 bits per heavy atom. The SMILES string of the molecule is O=C(C[C@@H]1C(=O)N(c2ccccc2)C(=S)N1Cc1ccc2c(c1)OCO2)Nc1cccc(Cl)c1. The number of rotatable bonds is 6. The second kappa shape index (κ2) is 9.32. The van der Waals surface area contributed by atoms with Crippen molar-refractivity contribution in [2.24, 2.45) is 0 Å². The average Bonchev–Trinajstić information content (AvgIpc) is 3.38. The van der Waals surface area contributed by atoms with Crippen molar-refractivity contribution in [3.63, 3.8) is 0 Å². The summed E-state index contributed by atoms with van der Waals surface area (Å²) in [6.07, 6.45) is -0.0701. The molecule has 172 valence electrons. The lowest BCUT2D eigenvalue weighted by Gasteiger charge is -2.24. The Balaban J connectivity index is 1.41. The van der Waals surface area contributed by atoms with Crippen molar-refractivity contribution in [3.05, 3.63) is 83.4 Å². The molecule has 0 aromatic heterocycles. The first kappa shape index (κ1) is 22.2. The van der Waals surface area contributed by atoms with Crippen LogP contribution in [0, 0.1) is 0 Å². The lowest BCUT2D eigenvalue weighted by molar-refractivity contribution is -0.124. The zero-order valence-electron chi connectivity index (χ0n) is 17.9. The van der Waals surface area contributed by atoms with Crippen LogP contribution in [0.1, 0.15) is 12.0 Å². The number of nitrogens with zero attached hydrogens (tertiary/aromatic N) is 2. The lowest BCUT2D eigenvalue weighted by Crippen LogP contribution is -2.37. The van der Waals surface area contributed by atoms with E-state index < -0.39 is 6.04 Å². The van der Waals surface area contributed by atoms with Crippen LogP contribution in [-0.2, 0) is 16.1 Å². The number of benzene rings is 3. The van der Waals surface area contributed by atoms with Crippen molar-refractivity contribution in [1.29, 1.82) is 0 Å². The van der Waals surface area contributed by atoms with Crippen molar-refractivity contribution >= 4 is 52.1 Å². The van der Waals surface area contributed by atoms with E-state index in [1.165, 1.54) is 4.90 Å². The number of thiocarbonyl (C=S) groups is 1. The molecule has 0 bridgehead atoms. The second-order valence-corrected chi connectivity index (χ2v) is 8.69. The summed E-state index contributed by atoms with van der Waals surface area (Å²) in [5.41, 5.74) is 2.10. The molecule has 2 heterocycles. The van der Waals surface area contributed by atoms with Gasteiger partial charge in [0.05, 0.1) is 12.1 Å². The highest BCUT2D eigenvalue weighted by Gasteiger charge is 2.44.